The van der Waals surface area contributed by atoms with Crippen LogP contribution in [0.3, 0.4) is 0 Å². The summed E-state index contributed by atoms with van der Waals surface area (Å²) in [6.07, 6.45) is 3.02. The minimum atomic E-state index is -0.811. The van der Waals surface area contributed by atoms with Crippen molar-refractivity contribution >= 4 is 17.7 Å². The summed E-state index contributed by atoms with van der Waals surface area (Å²) in [6.45, 7) is 4.60. The van der Waals surface area contributed by atoms with Gasteiger partial charge in [-0.3, -0.25) is 4.90 Å². The van der Waals surface area contributed by atoms with Crippen LogP contribution in [0.25, 0.3) is 0 Å². The van der Waals surface area contributed by atoms with E-state index in [1.807, 2.05) is 11.8 Å². The first-order valence-electron chi connectivity index (χ1n) is 4.90. The van der Waals surface area contributed by atoms with Crippen LogP contribution in [0.15, 0.2) is 11.6 Å². The fraction of sp³-hybridized carbons (Fsp3) is 0.700. The Hall–Kier alpha value is -0.480. The second-order valence-corrected chi connectivity index (χ2v) is 4.68. The van der Waals surface area contributed by atoms with E-state index >= 15 is 0 Å². The molecule has 1 aliphatic rings. The van der Waals surface area contributed by atoms with Crippen molar-refractivity contribution in [3.63, 3.8) is 0 Å². The summed E-state index contributed by atoms with van der Waals surface area (Å²) in [6, 6.07) is 0. The molecule has 3 nitrogen and oxygen atoms in total. The zero-order valence-corrected chi connectivity index (χ0v) is 9.35. The lowest BCUT2D eigenvalue weighted by atomic mass is 10.2. The quantitative estimate of drug-likeness (QED) is 0.724. The van der Waals surface area contributed by atoms with Gasteiger partial charge in [-0.15, -0.1) is 0 Å². The Labute approximate surface area is 89.2 Å². The third-order valence-corrected chi connectivity index (χ3v) is 3.36. The lowest BCUT2D eigenvalue weighted by Gasteiger charge is -2.16. The average molecular weight is 215 g/mol. The maximum absolute atomic E-state index is 10.5. The molecular formula is C10H17NO2S. The summed E-state index contributed by atoms with van der Waals surface area (Å²) < 4.78 is 0. The fourth-order valence-electron chi connectivity index (χ4n) is 1.33. The van der Waals surface area contributed by atoms with Crippen LogP contribution in [0.1, 0.15) is 13.3 Å². The van der Waals surface area contributed by atoms with Crippen LogP contribution in [-0.4, -0.2) is 47.1 Å². The first kappa shape index (κ1) is 11.6. The minimum absolute atomic E-state index is 0.446. The summed E-state index contributed by atoms with van der Waals surface area (Å²) in [7, 11) is 0. The number of carboxylic acids is 1. The average Bonchev–Trinajstić information content (AvgIpc) is 2.42. The zero-order valence-electron chi connectivity index (χ0n) is 8.53. The molecule has 0 aromatic heterocycles. The van der Waals surface area contributed by atoms with E-state index in [1.54, 1.807) is 13.0 Å². The van der Waals surface area contributed by atoms with Gasteiger partial charge in [0.15, 0.2) is 0 Å². The number of hydrogen-bond acceptors (Lipinski definition) is 3. The Morgan fingerprint density at radius 1 is 1.50 bits per heavy atom. The second kappa shape index (κ2) is 6.09. The van der Waals surface area contributed by atoms with Crippen molar-refractivity contribution in [1.29, 1.82) is 0 Å². The summed E-state index contributed by atoms with van der Waals surface area (Å²) in [5.74, 6) is 1.59. The van der Waals surface area contributed by atoms with Crippen molar-refractivity contribution in [3.8, 4) is 0 Å². The Morgan fingerprint density at radius 2 is 2.29 bits per heavy atom. The van der Waals surface area contributed by atoms with Crippen molar-refractivity contribution in [2.24, 2.45) is 0 Å². The molecule has 0 atom stereocenters. The van der Waals surface area contributed by atoms with E-state index in [0.717, 1.165) is 19.6 Å². The third-order valence-electron chi connectivity index (χ3n) is 2.31. The maximum atomic E-state index is 10.5. The highest BCUT2D eigenvalue weighted by Crippen LogP contribution is 2.09. The van der Waals surface area contributed by atoms with E-state index in [0.29, 0.717) is 5.57 Å². The molecule has 1 saturated heterocycles. The predicted octanol–water partition coefficient (Wildman–Crippen LogP) is 1.46. The second-order valence-electron chi connectivity index (χ2n) is 3.46. The van der Waals surface area contributed by atoms with Crippen LogP contribution in [0.4, 0.5) is 0 Å². The molecule has 14 heavy (non-hydrogen) atoms. The van der Waals surface area contributed by atoms with Gasteiger partial charge in [0.2, 0.25) is 0 Å². The van der Waals surface area contributed by atoms with Crippen molar-refractivity contribution in [1.82, 2.24) is 4.90 Å². The van der Waals surface area contributed by atoms with Gasteiger partial charge in [0.1, 0.15) is 0 Å². The molecule has 1 aliphatic heterocycles. The fourth-order valence-corrected chi connectivity index (χ4v) is 2.26. The van der Waals surface area contributed by atoms with Crippen molar-refractivity contribution < 1.29 is 9.90 Å². The molecular weight excluding hydrogens is 198 g/mol. The Kier molecular flexibility index (Phi) is 5.04. The molecule has 0 spiro atoms. The molecule has 1 heterocycles. The lowest BCUT2D eigenvalue weighted by molar-refractivity contribution is -0.132. The van der Waals surface area contributed by atoms with Gasteiger partial charge in [0, 0.05) is 24.4 Å². The van der Waals surface area contributed by atoms with Gasteiger partial charge < -0.3 is 5.11 Å². The smallest absolute Gasteiger partial charge is 0.330 e. The number of hydrogen-bond donors (Lipinski definition) is 1. The molecule has 80 valence electrons. The summed E-state index contributed by atoms with van der Waals surface area (Å²) >= 11 is 1.98. The molecule has 1 rings (SSSR count). The number of aliphatic carboxylic acids is 1. The zero-order chi connectivity index (χ0) is 10.4. The largest absolute Gasteiger partial charge is 0.478 e. The van der Waals surface area contributed by atoms with Crippen LogP contribution in [-0.2, 0) is 4.79 Å². The van der Waals surface area contributed by atoms with Gasteiger partial charge in [0.25, 0.3) is 0 Å². The number of thioether (sulfide) groups is 1. The Bertz CT molecular complexity index is 220. The van der Waals surface area contributed by atoms with E-state index in [4.69, 9.17) is 5.11 Å². The number of rotatable bonds is 3. The van der Waals surface area contributed by atoms with Crippen LogP contribution in [0.5, 0.6) is 0 Å². The van der Waals surface area contributed by atoms with Gasteiger partial charge in [0.05, 0.1) is 0 Å². The van der Waals surface area contributed by atoms with Crippen LogP contribution in [0.2, 0.25) is 0 Å². The molecule has 0 unspecified atom stereocenters. The molecule has 0 aromatic rings. The van der Waals surface area contributed by atoms with Gasteiger partial charge in [-0.05, 0) is 25.6 Å². The normalized spacial score (nSPS) is 20.5. The monoisotopic (exact) mass is 215 g/mol. The van der Waals surface area contributed by atoms with Gasteiger partial charge >= 0.3 is 5.97 Å². The number of carbonyl (C=O) groups is 1. The van der Waals surface area contributed by atoms with Crippen molar-refractivity contribution in [2.75, 3.05) is 31.1 Å². The van der Waals surface area contributed by atoms with E-state index in [-0.39, 0.29) is 0 Å². The molecule has 0 aromatic carbocycles. The molecule has 1 N–H and O–H groups in total. The van der Waals surface area contributed by atoms with Crippen molar-refractivity contribution in [2.45, 2.75) is 13.3 Å². The van der Waals surface area contributed by atoms with Crippen LogP contribution >= 0.6 is 11.8 Å². The van der Waals surface area contributed by atoms with Gasteiger partial charge in [-0.1, -0.05) is 6.08 Å². The molecule has 0 radical (unpaired) electrons. The van der Waals surface area contributed by atoms with E-state index in [1.165, 1.54) is 17.9 Å². The lowest BCUT2D eigenvalue weighted by Crippen LogP contribution is -2.26. The van der Waals surface area contributed by atoms with Crippen molar-refractivity contribution in [3.05, 3.63) is 11.6 Å². The summed E-state index contributed by atoms with van der Waals surface area (Å²) in [4.78, 5) is 12.9. The summed E-state index contributed by atoms with van der Waals surface area (Å²) in [5.41, 5.74) is 0.446. The van der Waals surface area contributed by atoms with Crippen LogP contribution < -0.4 is 0 Å². The first-order chi connectivity index (χ1) is 6.70. The Balaban J connectivity index is 2.35. The highest BCUT2D eigenvalue weighted by atomic mass is 32.2. The SMILES string of the molecule is C/C(=C\CN1CCCSCC1)C(=O)O. The van der Waals surface area contributed by atoms with E-state index in [2.05, 4.69) is 4.90 Å². The maximum Gasteiger partial charge on any atom is 0.330 e. The van der Waals surface area contributed by atoms with Gasteiger partial charge in [-0.25, -0.2) is 4.79 Å². The molecule has 0 amide bonds. The third kappa shape index (κ3) is 4.15. The standard InChI is InChI=1S/C10H17NO2S/c1-9(10(12)13)3-5-11-4-2-7-14-8-6-11/h3H,2,4-8H2,1H3,(H,12,13)/b9-3+. The number of carboxylic acid groups (broad SMARTS) is 1. The predicted molar refractivity (Wildman–Crippen MR) is 59.8 cm³/mol. The summed E-state index contributed by atoms with van der Waals surface area (Å²) in [5, 5.41) is 8.68. The Morgan fingerprint density at radius 3 is 3.00 bits per heavy atom. The molecule has 0 saturated carbocycles. The molecule has 0 bridgehead atoms. The van der Waals surface area contributed by atoms with Crippen LogP contribution in [0, 0.1) is 0 Å². The minimum Gasteiger partial charge on any atom is -0.478 e. The molecule has 1 fully saturated rings. The highest BCUT2D eigenvalue weighted by Gasteiger charge is 2.08. The number of nitrogens with zero attached hydrogens (tertiary/aromatic N) is 1. The highest BCUT2D eigenvalue weighted by molar-refractivity contribution is 7.99. The molecule has 0 aliphatic carbocycles. The topological polar surface area (TPSA) is 40.5 Å². The van der Waals surface area contributed by atoms with E-state index < -0.39 is 5.97 Å². The molecule has 4 heteroatoms. The first-order valence-corrected chi connectivity index (χ1v) is 6.06. The van der Waals surface area contributed by atoms with Gasteiger partial charge in [-0.2, -0.15) is 11.8 Å². The van der Waals surface area contributed by atoms with E-state index in [9.17, 15) is 4.79 Å².